The minimum atomic E-state index is -0.372. The van der Waals surface area contributed by atoms with E-state index < -0.39 is 0 Å². The highest BCUT2D eigenvalue weighted by atomic mass is 19.1. The lowest BCUT2D eigenvalue weighted by atomic mass is 10.1. The van der Waals surface area contributed by atoms with Crippen molar-refractivity contribution in [3.8, 4) is 5.75 Å². The van der Waals surface area contributed by atoms with Crippen LogP contribution in [0.1, 0.15) is 24.8 Å². The van der Waals surface area contributed by atoms with E-state index in [1.807, 2.05) is 4.90 Å². The second kappa shape index (κ2) is 5.85. The molecule has 1 aliphatic rings. The van der Waals surface area contributed by atoms with E-state index in [1.165, 1.54) is 13.2 Å². The Morgan fingerprint density at radius 1 is 1.39 bits per heavy atom. The summed E-state index contributed by atoms with van der Waals surface area (Å²) in [6, 6.07) is 4.85. The van der Waals surface area contributed by atoms with Gasteiger partial charge in [-0.25, -0.2) is 4.39 Å². The van der Waals surface area contributed by atoms with Crippen LogP contribution in [0.4, 0.5) is 4.39 Å². The Morgan fingerprint density at radius 3 is 2.72 bits per heavy atom. The quantitative estimate of drug-likeness (QED) is 0.822. The van der Waals surface area contributed by atoms with E-state index in [0.29, 0.717) is 12.8 Å². The van der Waals surface area contributed by atoms with Crippen molar-refractivity contribution in [1.29, 1.82) is 0 Å². The molecule has 2 rings (SSSR count). The molecule has 0 bridgehead atoms. The van der Waals surface area contributed by atoms with Crippen molar-refractivity contribution < 1.29 is 13.9 Å². The number of aryl methyl sites for hydroxylation is 1. The third kappa shape index (κ3) is 3.00. The third-order valence-electron chi connectivity index (χ3n) is 3.30. The molecule has 18 heavy (non-hydrogen) atoms. The van der Waals surface area contributed by atoms with Gasteiger partial charge in [-0.2, -0.15) is 0 Å². The van der Waals surface area contributed by atoms with Crippen LogP contribution in [0.3, 0.4) is 0 Å². The first kappa shape index (κ1) is 12.9. The highest BCUT2D eigenvalue weighted by molar-refractivity contribution is 5.76. The first-order valence-corrected chi connectivity index (χ1v) is 6.31. The predicted octanol–water partition coefficient (Wildman–Crippen LogP) is 2.39. The molecule has 0 N–H and O–H groups in total. The number of benzene rings is 1. The maximum Gasteiger partial charge on any atom is 0.222 e. The van der Waals surface area contributed by atoms with E-state index in [0.717, 1.165) is 31.5 Å². The Bertz CT molecular complexity index is 428. The molecular weight excluding hydrogens is 233 g/mol. The molecule has 1 aromatic carbocycles. The summed E-state index contributed by atoms with van der Waals surface area (Å²) in [7, 11) is 1.44. The Balaban J connectivity index is 1.89. The number of methoxy groups -OCH3 is 1. The summed E-state index contributed by atoms with van der Waals surface area (Å²) in [4.78, 5) is 13.7. The zero-order chi connectivity index (χ0) is 13.0. The molecule has 3 nitrogen and oxygen atoms in total. The van der Waals surface area contributed by atoms with Crippen molar-refractivity contribution in [1.82, 2.24) is 4.90 Å². The van der Waals surface area contributed by atoms with Gasteiger partial charge in [0.15, 0.2) is 11.6 Å². The number of ether oxygens (including phenoxy) is 1. The zero-order valence-corrected chi connectivity index (χ0v) is 10.6. The van der Waals surface area contributed by atoms with Crippen LogP contribution in [-0.2, 0) is 11.2 Å². The van der Waals surface area contributed by atoms with E-state index in [4.69, 9.17) is 4.74 Å². The SMILES string of the molecule is COc1ccc(CCC(=O)N2CCCC2)cc1F. The van der Waals surface area contributed by atoms with Gasteiger partial charge in [-0.15, -0.1) is 0 Å². The lowest BCUT2D eigenvalue weighted by Crippen LogP contribution is -2.27. The standard InChI is InChI=1S/C14H18FNO2/c1-18-13-6-4-11(10-12(13)15)5-7-14(17)16-8-2-3-9-16/h4,6,10H,2-3,5,7-9H2,1H3. The summed E-state index contributed by atoms with van der Waals surface area (Å²) in [5.74, 6) is 0.0389. The van der Waals surface area contributed by atoms with Gasteiger partial charge in [-0.3, -0.25) is 4.79 Å². The molecule has 0 unspecified atom stereocenters. The molecule has 0 saturated carbocycles. The van der Waals surface area contributed by atoms with Gasteiger partial charge in [0.05, 0.1) is 7.11 Å². The monoisotopic (exact) mass is 251 g/mol. The van der Waals surface area contributed by atoms with Crippen LogP contribution in [0.25, 0.3) is 0 Å². The first-order valence-electron chi connectivity index (χ1n) is 6.31. The van der Waals surface area contributed by atoms with E-state index >= 15 is 0 Å². The predicted molar refractivity (Wildman–Crippen MR) is 67.1 cm³/mol. The number of amides is 1. The van der Waals surface area contributed by atoms with Gasteiger partial charge in [0.25, 0.3) is 0 Å². The van der Waals surface area contributed by atoms with Gasteiger partial charge in [0, 0.05) is 19.5 Å². The molecule has 4 heteroatoms. The Hall–Kier alpha value is -1.58. The summed E-state index contributed by atoms with van der Waals surface area (Å²) in [5, 5.41) is 0. The molecule has 0 radical (unpaired) electrons. The molecule has 98 valence electrons. The Labute approximate surface area is 107 Å². The summed E-state index contributed by atoms with van der Waals surface area (Å²) in [5.41, 5.74) is 0.834. The average molecular weight is 251 g/mol. The fourth-order valence-electron chi connectivity index (χ4n) is 2.24. The molecule has 0 spiro atoms. The van der Waals surface area contributed by atoms with Crippen LogP contribution < -0.4 is 4.74 Å². The molecule has 1 aliphatic heterocycles. The maximum atomic E-state index is 13.5. The minimum Gasteiger partial charge on any atom is -0.494 e. The normalized spacial score (nSPS) is 14.9. The molecule has 0 aromatic heterocycles. The number of rotatable bonds is 4. The van der Waals surface area contributed by atoms with Crippen molar-refractivity contribution in [2.45, 2.75) is 25.7 Å². The highest BCUT2D eigenvalue weighted by Gasteiger charge is 2.17. The van der Waals surface area contributed by atoms with E-state index in [2.05, 4.69) is 0 Å². The van der Waals surface area contributed by atoms with Gasteiger partial charge in [-0.05, 0) is 37.0 Å². The Morgan fingerprint density at radius 2 is 2.11 bits per heavy atom. The van der Waals surface area contributed by atoms with Gasteiger partial charge >= 0.3 is 0 Å². The molecule has 1 saturated heterocycles. The highest BCUT2D eigenvalue weighted by Crippen LogP contribution is 2.19. The summed E-state index contributed by atoms with van der Waals surface area (Å²) < 4.78 is 18.3. The second-order valence-corrected chi connectivity index (χ2v) is 4.56. The number of likely N-dealkylation sites (tertiary alicyclic amines) is 1. The molecule has 1 aromatic rings. The number of hydrogen-bond donors (Lipinski definition) is 0. The van der Waals surface area contributed by atoms with Crippen LogP contribution in [0.2, 0.25) is 0 Å². The van der Waals surface area contributed by atoms with Crippen LogP contribution >= 0.6 is 0 Å². The number of carbonyl (C=O) groups is 1. The van der Waals surface area contributed by atoms with E-state index in [9.17, 15) is 9.18 Å². The number of carbonyl (C=O) groups excluding carboxylic acids is 1. The molecule has 1 amide bonds. The molecule has 0 atom stereocenters. The molecule has 1 fully saturated rings. The van der Waals surface area contributed by atoms with Crippen LogP contribution in [0, 0.1) is 5.82 Å². The molecule has 1 heterocycles. The maximum absolute atomic E-state index is 13.5. The topological polar surface area (TPSA) is 29.5 Å². The van der Waals surface area contributed by atoms with Crippen molar-refractivity contribution in [3.05, 3.63) is 29.6 Å². The first-order chi connectivity index (χ1) is 8.70. The van der Waals surface area contributed by atoms with Crippen LogP contribution in [0.5, 0.6) is 5.75 Å². The van der Waals surface area contributed by atoms with Crippen molar-refractivity contribution in [3.63, 3.8) is 0 Å². The number of hydrogen-bond acceptors (Lipinski definition) is 2. The average Bonchev–Trinajstić information content (AvgIpc) is 2.90. The van der Waals surface area contributed by atoms with E-state index in [1.54, 1.807) is 12.1 Å². The number of halogens is 1. The van der Waals surface area contributed by atoms with Gasteiger partial charge in [-0.1, -0.05) is 6.07 Å². The molecular formula is C14H18FNO2. The summed E-state index contributed by atoms with van der Waals surface area (Å²) in [6.07, 6.45) is 3.23. The van der Waals surface area contributed by atoms with Gasteiger partial charge in [0.2, 0.25) is 5.91 Å². The zero-order valence-electron chi connectivity index (χ0n) is 10.6. The molecule has 0 aliphatic carbocycles. The Kier molecular flexibility index (Phi) is 4.18. The van der Waals surface area contributed by atoms with Gasteiger partial charge in [0.1, 0.15) is 0 Å². The lowest BCUT2D eigenvalue weighted by molar-refractivity contribution is -0.130. The van der Waals surface area contributed by atoms with Crippen LogP contribution in [0.15, 0.2) is 18.2 Å². The largest absolute Gasteiger partial charge is 0.494 e. The minimum absolute atomic E-state index is 0.170. The smallest absolute Gasteiger partial charge is 0.222 e. The summed E-state index contributed by atoms with van der Waals surface area (Å²) >= 11 is 0. The van der Waals surface area contributed by atoms with E-state index in [-0.39, 0.29) is 17.5 Å². The van der Waals surface area contributed by atoms with Crippen molar-refractivity contribution in [2.24, 2.45) is 0 Å². The fraction of sp³-hybridized carbons (Fsp3) is 0.500. The van der Waals surface area contributed by atoms with Crippen LogP contribution in [-0.4, -0.2) is 31.0 Å². The summed E-state index contributed by atoms with van der Waals surface area (Å²) in [6.45, 7) is 1.74. The third-order valence-corrected chi connectivity index (χ3v) is 3.30. The van der Waals surface area contributed by atoms with Gasteiger partial charge < -0.3 is 9.64 Å². The lowest BCUT2D eigenvalue weighted by Gasteiger charge is -2.15. The van der Waals surface area contributed by atoms with Crippen molar-refractivity contribution in [2.75, 3.05) is 20.2 Å². The second-order valence-electron chi connectivity index (χ2n) is 4.56. The number of nitrogens with zero attached hydrogens (tertiary/aromatic N) is 1. The fourth-order valence-corrected chi connectivity index (χ4v) is 2.24. The van der Waals surface area contributed by atoms with Crippen molar-refractivity contribution >= 4 is 5.91 Å².